The molecule has 1 unspecified atom stereocenters. The third kappa shape index (κ3) is 6.18. The lowest BCUT2D eigenvalue weighted by molar-refractivity contribution is -0.139. The van der Waals surface area contributed by atoms with Gasteiger partial charge in [0.25, 0.3) is 0 Å². The van der Waals surface area contributed by atoms with E-state index in [4.69, 9.17) is 4.74 Å². The van der Waals surface area contributed by atoms with Crippen molar-refractivity contribution in [3.05, 3.63) is 29.2 Å². The van der Waals surface area contributed by atoms with Gasteiger partial charge in [-0.2, -0.15) is 0 Å². The fraction of sp³-hybridized carbons (Fsp3) is 0.533. The van der Waals surface area contributed by atoms with Crippen LogP contribution in [0, 0.1) is 4.71 Å². The van der Waals surface area contributed by atoms with E-state index in [-0.39, 0.29) is 11.2 Å². The van der Waals surface area contributed by atoms with Crippen LogP contribution in [0.2, 0.25) is 0 Å². The zero-order valence-corrected chi connectivity index (χ0v) is 14.7. The first-order valence-electron chi connectivity index (χ1n) is 6.98. The molecule has 0 amide bonds. The number of carbonyl (C=O) groups is 1. The molecule has 0 spiro atoms. The van der Waals surface area contributed by atoms with E-state index < -0.39 is 0 Å². The van der Waals surface area contributed by atoms with E-state index in [1.165, 1.54) is 7.11 Å². The Balaban J connectivity index is 2.73. The maximum absolute atomic E-state index is 11.6. The maximum Gasteiger partial charge on any atom is 0.318 e. The fourth-order valence-electron chi connectivity index (χ4n) is 1.55. The number of methoxy groups -OCH3 is 1. The van der Waals surface area contributed by atoms with Crippen LogP contribution >= 0.6 is 23.5 Å². The number of pyridine rings is 1. The molecule has 0 aliphatic heterocycles. The van der Waals surface area contributed by atoms with Gasteiger partial charge in [-0.05, 0) is 31.2 Å². The number of rotatable bonds is 9. The summed E-state index contributed by atoms with van der Waals surface area (Å²) in [6, 6.07) is 3.92. The van der Waals surface area contributed by atoms with E-state index in [2.05, 4.69) is 16.8 Å². The van der Waals surface area contributed by atoms with Crippen molar-refractivity contribution in [3.8, 4) is 0 Å². The van der Waals surface area contributed by atoms with Crippen molar-refractivity contribution >= 4 is 35.2 Å². The summed E-state index contributed by atoms with van der Waals surface area (Å²) in [4.78, 5) is 17.8. The van der Waals surface area contributed by atoms with E-state index in [0.717, 1.165) is 29.0 Å². The van der Waals surface area contributed by atoms with Crippen LogP contribution in [0.25, 0.3) is 0 Å². The molecule has 21 heavy (non-hydrogen) atoms. The van der Waals surface area contributed by atoms with Crippen molar-refractivity contribution in [2.45, 2.75) is 31.9 Å². The first-order valence-corrected chi connectivity index (χ1v) is 8.84. The molecule has 117 valence electrons. The highest BCUT2D eigenvalue weighted by Crippen LogP contribution is 2.40. The van der Waals surface area contributed by atoms with Gasteiger partial charge in [0, 0.05) is 25.1 Å². The second kappa shape index (κ2) is 9.95. The zero-order valence-electron chi connectivity index (χ0n) is 13.0. The van der Waals surface area contributed by atoms with Crippen LogP contribution in [0.4, 0.5) is 5.69 Å². The lowest BCUT2D eigenvalue weighted by atomic mass is 10.4. The highest BCUT2D eigenvalue weighted by molar-refractivity contribution is 8.21. The Morgan fingerprint density at radius 2 is 2.10 bits per heavy atom. The Hall–Kier alpha value is -0.880. The minimum Gasteiger partial charge on any atom is -0.468 e. The number of thioether (sulfide) groups is 2. The Morgan fingerprint density at radius 3 is 2.67 bits per heavy atom. The van der Waals surface area contributed by atoms with Gasteiger partial charge in [0.05, 0.1) is 7.11 Å². The van der Waals surface area contributed by atoms with Gasteiger partial charge in [-0.15, -0.1) is 23.5 Å². The topological polar surface area (TPSA) is 42.4 Å². The van der Waals surface area contributed by atoms with Gasteiger partial charge < -0.3 is 9.64 Å². The lowest BCUT2D eigenvalue weighted by Gasteiger charge is -2.29. The zero-order chi connectivity index (χ0) is 15.7. The number of hydrogen-bond acceptors (Lipinski definition) is 6. The van der Waals surface area contributed by atoms with Crippen LogP contribution < -0.4 is 4.90 Å². The molecule has 0 fully saturated rings. The molecule has 0 aromatic carbocycles. The van der Waals surface area contributed by atoms with Crippen LogP contribution in [0.3, 0.4) is 0 Å². The van der Waals surface area contributed by atoms with Crippen molar-refractivity contribution < 1.29 is 9.53 Å². The van der Waals surface area contributed by atoms with Gasteiger partial charge in [0.1, 0.15) is 5.25 Å². The van der Waals surface area contributed by atoms with Crippen LogP contribution in [0.5, 0.6) is 0 Å². The number of carbonyl (C=O) groups excluding carboxylic acids is 1. The predicted molar refractivity (Wildman–Crippen MR) is 92.3 cm³/mol. The molecule has 0 aliphatic rings. The first kappa shape index (κ1) is 18.2. The summed E-state index contributed by atoms with van der Waals surface area (Å²) in [5.41, 5.74) is 1.06. The number of hydrogen-bond donors (Lipinski definition) is 0. The van der Waals surface area contributed by atoms with Crippen molar-refractivity contribution in [1.82, 2.24) is 4.98 Å². The first-order chi connectivity index (χ1) is 10.1. The highest BCUT2D eigenvalue weighted by atomic mass is 32.2. The summed E-state index contributed by atoms with van der Waals surface area (Å²) in [7, 11) is 3.44. The van der Waals surface area contributed by atoms with Crippen LogP contribution in [0.1, 0.15) is 26.7 Å². The molecule has 1 aromatic rings. The van der Waals surface area contributed by atoms with Gasteiger partial charge >= 0.3 is 5.97 Å². The molecule has 1 atom stereocenters. The van der Waals surface area contributed by atoms with E-state index in [9.17, 15) is 4.79 Å². The SMILES string of the molecule is CCCCS[C](SC(C)C(=O)OC)N(C)c1ccncc1. The number of esters is 1. The molecule has 1 rings (SSSR count). The molecule has 1 radical (unpaired) electrons. The monoisotopic (exact) mass is 327 g/mol. The molecule has 6 heteroatoms. The summed E-state index contributed by atoms with van der Waals surface area (Å²) in [5.74, 6) is 0.846. The Labute approximate surface area is 136 Å². The van der Waals surface area contributed by atoms with Gasteiger partial charge in [-0.25, -0.2) is 0 Å². The van der Waals surface area contributed by atoms with Gasteiger partial charge in [-0.1, -0.05) is 13.3 Å². The molecule has 0 bridgehead atoms. The Morgan fingerprint density at radius 1 is 1.43 bits per heavy atom. The second-order valence-corrected chi connectivity index (χ2v) is 7.19. The molecule has 1 heterocycles. The minimum atomic E-state index is -0.219. The van der Waals surface area contributed by atoms with E-state index in [0.29, 0.717) is 0 Å². The van der Waals surface area contributed by atoms with Crippen molar-refractivity contribution in [2.75, 3.05) is 24.8 Å². The minimum absolute atomic E-state index is 0.197. The highest BCUT2D eigenvalue weighted by Gasteiger charge is 2.25. The number of nitrogens with zero attached hydrogens (tertiary/aromatic N) is 2. The summed E-state index contributed by atoms with van der Waals surface area (Å²) in [6.07, 6.45) is 5.87. The number of unbranched alkanes of at least 4 members (excludes halogenated alkanes) is 1. The van der Waals surface area contributed by atoms with Crippen LogP contribution in [-0.4, -0.2) is 36.1 Å². The standard InChI is InChI=1S/C15H23N2O2S2/c1-5-6-11-20-15(21-12(2)14(18)19-4)17(3)13-7-9-16-10-8-13/h7-10,12H,5-6,11H2,1-4H3. The molecular weight excluding hydrogens is 304 g/mol. The second-order valence-electron chi connectivity index (χ2n) is 4.52. The summed E-state index contributed by atoms with van der Waals surface area (Å²) >= 11 is 3.32. The predicted octanol–water partition coefficient (Wildman–Crippen LogP) is 3.79. The van der Waals surface area contributed by atoms with Crippen LogP contribution in [0.15, 0.2) is 24.5 Å². The number of anilines is 1. The molecular formula is C15H23N2O2S2. The van der Waals surface area contributed by atoms with E-state index in [1.54, 1.807) is 35.9 Å². The quantitative estimate of drug-likeness (QED) is 0.508. The molecule has 0 saturated carbocycles. The van der Waals surface area contributed by atoms with Crippen LogP contribution in [-0.2, 0) is 9.53 Å². The normalized spacial score (nSPS) is 12.2. The Kier molecular flexibility index (Phi) is 8.61. The third-order valence-electron chi connectivity index (χ3n) is 2.86. The summed E-state index contributed by atoms with van der Waals surface area (Å²) in [5, 5.41) is -0.219. The smallest absolute Gasteiger partial charge is 0.318 e. The summed E-state index contributed by atoms with van der Waals surface area (Å²) in [6.45, 7) is 4.05. The van der Waals surface area contributed by atoms with Gasteiger partial charge in [0.15, 0.2) is 4.71 Å². The van der Waals surface area contributed by atoms with E-state index in [1.807, 2.05) is 26.1 Å². The largest absolute Gasteiger partial charge is 0.468 e. The Bertz CT molecular complexity index is 417. The molecule has 0 N–H and O–H groups in total. The fourth-order valence-corrected chi connectivity index (χ4v) is 4.17. The number of aromatic nitrogens is 1. The molecule has 0 saturated heterocycles. The van der Waals surface area contributed by atoms with Gasteiger partial charge in [-0.3, -0.25) is 9.78 Å². The van der Waals surface area contributed by atoms with Crippen molar-refractivity contribution in [2.24, 2.45) is 0 Å². The third-order valence-corrected chi connectivity index (χ3v) is 5.54. The lowest BCUT2D eigenvalue weighted by Crippen LogP contribution is -2.24. The average molecular weight is 327 g/mol. The van der Waals surface area contributed by atoms with Crippen molar-refractivity contribution in [1.29, 1.82) is 0 Å². The molecule has 4 nitrogen and oxygen atoms in total. The van der Waals surface area contributed by atoms with Gasteiger partial charge in [0.2, 0.25) is 0 Å². The maximum atomic E-state index is 11.6. The average Bonchev–Trinajstić information content (AvgIpc) is 2.53. The summed E-state index contributed by atoms with van der Waals surface area (Å²) < 4.78 is 5.92. The number of ether oxygens (including phenoxy) is 1. The molecule has 1 aromatic heterocycles. The molecule has 0 aliphatic carbocycles. The van der Waals surface area contributed by atoms with Crippen molar-refractivity contribution in [3.63, 3.8) is 0 Å². The van der Waals surface area contributed by atoms with E-state index >= 15 is 0 Å².